The van der Waals surface area contributed by atoms with Gasteiger partial charge < -0.3 is 24.1 Å². The Kier molecular flexibility index (Phi) is 6.02. The standard InChI is InChI=1S/C14H17N3O2.C4H4O4/c1-2-12(18-7-1)14-15-13(19-16-14)8-11-9-17-5-3-10(11)4-6-17;5-3(6)1-2-4(7)8/h1-2,7,10-11H,3-6,8-9H2;1-2H,(H,5,6)(H,7,8)/b;2-1+. The normalized spacial score (nSPS) is 23.8. The molecule has 5 rings (SSSR count). The van der Waals surface area contributed by atoms with Crippen LogP contribution in [0.2, 0.25) is 0 Å². The van der Waals surface area contributed by atoms with Crippen LogP contribution in [0.4, 0.5) is 0 Å². The summed E-state index contributed by atoms with van der Waals surface area (Å²) >= 11 is 0. The van der Waals surface area contributed by atoms with Gasteiger partial charge >= 0.3 is 11.9 Å². The summed E-state index contributed by atoms with van der Waals surface area (Å²) in [5.74, 6) is 0.964. The number of rotatable bonds is 5. The topological polar surface area (TPSA) is 130 Å². The molecule has 144 valence electrons. The van der Waals surface area contributed by atoms with Crippen molar-refractivity contribution in [1.82, 2.24) is 15.0 Å². The number of aromatic nitrogens is 2. The summed E-state index contributed by atoms with van der Waals surface area (Å²) in [5.41, 5.74) is 0. The van der Waals surface area contributed by atoms with Crippen LogP contribution in [-0.4, -0.2) is 56.8 Å². The maximum absolute atomic E-state index is 9.55. The fourth-order valence-electron chi connectivity index (χ4n) is 3.53. The number of hydrogen-bond donors (Lipinski definition) is 2. The Morgan fingerprint density at radius 1 is 1.22 bits per heavy atom. The number of piperidine rings is 3. The van der Waals surface area contributed by atoms with Crippen LogP contribution in [0.15, 0.2) is 39.5 Å². The van der Waals surface area contributed by atoms with Crippen molar-refractivity contribution in [2.75, 3.05) is 19.6 Å². The van der Waals surface area contributed by atoms with Gasteiger partial charge in [-0.05, 0) is 49.9 Å². The summed E-state index contributed by atoms with van der Waals surface area (Å²) < 4.78 is 10.6. The minimum Gasteiger partial charge on any atom is -0.478 e. The van der Waals surface area contributed by atoms with Gasteiger partial charge in [-0.3, -0.25) is 0 Å². The predicted molar refractivity (Wildman–Crippen MR) is 92.8 cm³/mol. The summed E-state index contributed by atoms with van der Waals surface area (Å²) in [6.45, 7) is 3.72. The number of furan rings is 1. The van der Waals surface area contributed by atoms with E-state index in [9.17, 15) is 9.59 Å². The van der Waals surface area contributed by atoms with Gasteiger partial charge in [0.1, 0.15) is 0 Å². The Morgan fingerprint density at radius 3 is 2.44 bits per heavy atom. The largest absolute Gasteiger partial charge is 0.478 e. The molecule has 3 aliphatic rings. The molecule has 9 nitrogen and oxygen atoms in total. The number of carbonyl (C=O) groups is 2. The van der Waals surface area contributed by atoms with Crippen molar-refractivity contribution in [3.8, 4) is 11.6 Å². The Bertz CT molecular complexity index is 774. The highest BCUT2D eigenvalue weighted by molar-refractivity contribution is 5.89. The molecule has 27 heavy (non-hydrogen) atoms. The van der Waals surface area contributed by atoms with Gasteiger partial charge in [0.15, 0.2) is 5.76 Å². The van der Waals surface area contributed by atoms with E-state index in [1.54, 1.807) is 6.26 Å². The van der Waals surface area contributed by atoms with Gasteiger partial charge in [-0.15, -0.1) is 0 Å². The maximum atomic E-state index is 9.55. The molecule has 2 aromatic heterocycles. The van der Waals surface area contributed by atoms with Gasteiger partial charge in [0.2, 0.25) is 11.7 Å². The van der Waals surface area contributed by atoms with Crippen molar-refractivity contribution in [1.29, 1.82) is 0 Å². The molecule has 2 bridgehead atoms. The highest BCUT2D eigenvalue weighted by Crippen LogP contribution is 2.34. The van der Waals surface area contributed by atoms with Crippen LogP contribution in [0, 0.1) is 11.8 Å². The number of nitrogens with zero attached hydrogens (tertiary/aromatic N) is 3. The lowest BCUT2D eigenvalue weighted by molar-refractivity contribution is -0.134. The van der Waals surface area contributed by atoms with Crippen LogP contribution in [-0.2, 0) is 16.0 Å². The van der Waals surface area contributed by atoms with Crippen LogP contribution in [0.1, 0.15) is 18.7 Å². The second-order valence-electron chi connectivity index (χ2n) is 6.60. The summed E-state index contributed by atoms with van der Waals surface area (Å²) in [4.78, 5) is 26.1. The van der Waals surface area contributed by atoms with Gasteiger partial charge in [-0.1, -0.05) is 5.16 Å². The Balaban J connectivity index is 0.000000226. The lowest BCUT2D eigenvalue weighted by Crippen LogP contribution is -2.48. The second-order valence-corrected chi connectivity index (χ2v) is 6.60. The molecule has 2 aromatic rings. The summed E-state index contributed by atoms with van der Waals surface area (Å²) in [6.07, 6.45) is 6.28. The van der Waals surface area contributed by atoms with Gasteiger partial charge in [0.25, 0.3) is 0 Å². The smallest absolute Gasteiger partial charge is 0.328 e. The molecular weight excluding hydrogens is 354 g/mol. The fraction of sp³-hybridized carbons (Fsp3) is 0.444. The van der Waals surface area contributed by atoms with E-state index in [0.29, 0.717) is 29.7 Å². The zero-order valence-electron chi connectivity index (χ0n) is 14.7. The van der Waals surface area contributed by atoms with Gasteiger partial charge in [0.05, 0.1) is 6.26 Å². The highest BCUT2D eigenvalue weighted by Gasteiger charge is 2.35. The average Bonchev–Trinajstić information content (AvgIpc) is 3.33. The molecule has 0 radical (unpaired) electrons. The van der Waals surface area contributed by atoms with Crippen LogP contribution >= 0.6 is 0 Å². The Morgan fingerprint density at radius 2 is 1.93 bits per heavy atom. The van der Waals surface area contributed by atoms with Gasteiger partial charge in [-0.25, -0.2) is 9.59 Å². The molecule has 0 aliphatic carbocycles. The van der Waals surface area contributed by atoms with Crippen LogP contribution in [0.5, 0.6) is 0 Å². The number of fused-ring (bicyclic) bond motifs is 3. The van der Waals surface area contributed by atoms with E-state index in [-0.39, 0.29) is 0 Å². The van der Waals surface area contributed by atoms with Crippen molar-refractivity contribution in [2.24, 2.45) is 11.8 Å². The first-order valence-electron chi connectivity index (χ1n) is 8.74. The van der Waals surface area contributed by atoms with E-state index >= 15 is 0 Å². The SMILES string of the molecule is O=C(O)/C=C/C(=O)O.c1coc(-c2noc(CC3CN4CCC3CC4)n2)c1. The molecule has 0 spiro atoms. The van der Waals surface area contributed by atoms with Crippen molar-refractivity contribution in [3.63, 3.8) is 0 Å². The van der Waals surface area contributed by atoms with Gasteiger partial charge in [0, 0.05) is 25.1 Å². The van der Waals surface area contributed by atoms with Crippen LogP contribution in [0.25, 0.3) is 11.6 Å². The third-order valence-corrected chi connectivity index (χ3v) is 4.81. The number of aliphatic carboxylic acids is 2. The number of hydrogen-bond acceptors (Lipinski definition) is 7. The minimum atomic E-state index is -1.26. The molecule has 1 unspecified atom stereocenters. The first-order chi connectivity index (χ1) is 13.0. The summed E-state index contributed by atoms with van der Waals surface area (Å²) in [7, 11) is 0. The molecular formula is C18H21N3O6. The maximum Gasteiger partial charge on any atom is 0.328 e. The van der Waals surface area contributed by atoms with Crippen molar-refractivity contribution < 1.29 is 28.7 Å². The third kappa shape index (κ3) is 5.27. The second kappa shape index (κ2) is 8.63. The van der Waals surface area contributed by atoms with Crippen LogP contribution in [0.3, 0.4) is 0 Å². The molecule has 1 atom stereocenters. The van der Waals surface area contributed by atoms with Crippen molar-refractivity contribution in [2.45, 2.75) is 19.3 Å². The van der Waals surface area contributed by atoms with E-state index in [0.717, 1.165) is 18.2 Å². The quantitative estimate of drug-likeness (QED) is 0.753. The molecule has 2 N–H and O–H groups in total. The summed E-state index contributed by atoms with van der Waals surface area (Å²) in [5, 5.41) is 19.6. The predicted octanol–water partition coefficient (Wildman–Crippen LogP) is 1.93. The fourth-order valence-corrected chi connectivity index (χ4v) is 3.53. The lowest BCUT2D eigenvalue weighted by Gasteiger charge is -2.44. The monoisotopic (exact) mass is 375 g/mol. The Labute approximate surface area is 155 Å². The Hall–Kier alpha value is -2.94. The van der Waals surface area contributed by atoms with E-state index in [1.807, 2.05) is 12.1 Å². The number of carboxylic acids is 2. The highest BCUT2D eigenvalue weighted by atomic mass is 16.5. The molecule has 3 saturated heterocycles. The van der Waals surface area contributed by atoms with E-state index < -0.39 is 11.9 Å². The first-order valence-corrected chi connectivity index (χ1v) is 8.74. The molecule has 3 fully saturated rings. The van der Waals surface area contributed by atoms with Gasteiger partial charge in [-0.2, -0.15) is 4.98 Å². The first kappa shape index (κ1) is 18.8. The zero-order chi connectivity index (χ0) is 19.2. The lowest BCUT2D eigenvalue weighted by atomic mass is 9.77. The summed E-state index contributed by atoms with van der Waals surface area (Å²) in [6, 6.07) is 3.68. The molecule has 3 aliphatic heterocycles. The molecule has 5 heterocycles. The molecule has 0 amide bonds. The van der Waals surface area contributed by atoms with E-state index in [1.165, 1.54) is 32.5 Å². The van der Waals surface area contributed by atoms with Crippen molar-refractivity contribution in [3.05, 3.63) is 36.4 Å². The van der Waals surface area contributed by atoms with E-state index in [2.05, 4.69) is 15.0 Å². The van der Waals surface area contributed by atoms with Crippen molar-refractivity contribution >= 4 is 11.9 Å². The zero-order valence-corrected chi connectivity index (χ0v) is 14.7. The van der Waals surface area contributed by atoms with E-state index in [4.69, 9.17) is 19.2 Å². The average molecular weight is 375 g/mol. The molecule has 0 aromatic carbocycles. The molecule has 0 saturated carbocycles. The van der Waals surface area contributed by atoms with Crippen LogP contribution < -0.4 is 0 Å². The third-order valence-electron chi connectivity index (χ3n) is 4.81. The number of carboxylic acid groups (broad SMARTS) is 2. The minimum absolute atomic E-state index is 0.557. The molecule has 9 heteroatoms.